The summed E-state index contributed by atoms with van der Waals surface area (Å²) < 4.78 is 131. The average molecular weight is 457 g/mol. The molecule has 29 heavy (non-hydrogen) atoms. The second-order valence-corrected chi connectivity index (χ2v) is 8.02. The molecule has 168 valence electrons. The molecular weight excluding hydrogens is 437 g/mol. The van der Waals surface area contributed by atoms with Crippen molar-refractivity contribution >= 4 is 13.3 Å². The van der Waals surface area contributed by atoms with Gasteiger partial charge >= 0.3 is 31.8 Å². The average Bonchev–Trinajstić information content (AvgIpc) is 2.60. The van der Waals surface area contributed by atoms with Crippen LogP contribution in [0.1, 0.15) is 19.4 Å². The summed E-state index contributed by atoms with van der Waals surface area (Å²) in [5.74, 6) is -22.4. The lowest BCUT2D eigenvalue weighted by atomic mass is 10.0. The van der Waals surface area contributed by atoms with Crippen molar-refractivity contribution in [2.45, 2.75) is 50.7 Å². The first-order valence-electron chi connectivity index (χ1n) is 8.31. The molecule has 1 N–H and O–H groups in total. The summed E-state index contributed by atoms with van der Waals surface area (Å²) in [4.78, 5) is 0. The Morgan fingerprint density at radius 1 is 0.931 bits per heavy atom. The lowest BCUT2D eigenvalue weighted by molar-refractivity contribution is -0.337. The first-order valence-corrected chi connectivity index (χ1v) is 9.92. The largest absolute Gasteiger partial charge is 0.380 e. The summed E-state index contributed by atoms with van der Waals surface area (Å²) in [5, 5.41) is 1.75. The highest BCUT2D eigenvalue weighted by Crippen LogP contribution is 2.62. The van der Waals surface area contributed by atoms with E-state index in [1.54, 1.807) is 12.2 Å². The van der Waals surface area contributed by atoms with Crippen molar-refractivity contribution in [2.24, 2.45) is 0 Å². The molecular formula is C16H20F8NO3P. The monoisotopic (exact) mass is 457 g/mol. The van der Waals surface area contributed by atoms with E-state index in [0.717, 1.165) is 12.1 Å². The number of alkyl halides is 8. The Morgan fingerprint density at radius 3 is 1.76 bits per heavy atom. The number of aryl methyl sites for hydroxylation is 1. The molecule has 0 saturated carbocycles. The maximum atomic E-state index is 14.7. The Labute approximate surface area is 162 Å². The van der Waals surface area contributed by atoms with E-state index in [1.165, 1.54) is 26.0 Å². The molecule has 0 heterocycles. The van der Waals surface area contributed by atoms with Gasteiger partial charge in [0, 0.05) is 5.69 Å². The van der Waals surface area contributed by atoms with Gasteiger partial charge in [0.25, 0.3) is 0 Å². The molecule has 0 saturated heterocycles. The number of nitrogens with one attached hydrogen (secondary N) is 1. The van der Waals surface area contributed by atoms with Crippen LogP contribution in [0.5, 0.6) is 0 Å². The minimum absolute atomic E-state index is 0.323. The van der Waals surface area contributed by atoms with Gasteiger partial charge in [0.15, 0.2) is 5.78 Å². The van der Waals surface area contributed by atoms with E-state index in [0.29, 0.717) is 5.56 Å². The van der Waals surface area contributed by atoms with Gasteiger partial charge in [-0.15, -0.1) is 0 Å². The molecule has 0 aliphatic carbocycles. The molecule has 0 fully saturated rings. The molecule has 1 aromatic rings. The lowest BCUT2D eigenvalue weighted by Gasteiger charge is -2.39. The fourth-order valence-corrected chi connectivity index (χ4v) is 4.21. The van der Waals surface area contributed by atoms with Gasteiger partial charge in [0.05, 0.1) is 13.2 Å². The molecule has 0 bridgehead atoms. The molecule has 0 aliphatic heterocycles. The van der Waals surface area contributed by atoms with Crippen LogP contribution in [0, 0.1) is 6.92 Å². The number of hydrogen-bond donors (Lipinski definition) is 1. The zero-order chi connectivity index (χ0) is 22.7. The summed E-state index contributed by atoms with van der Waals surface area (Å²) in [5.41, 5.74) is 0.308. The Morgan fingerprint density at radius 2 is 1.38 bits per heavy atom. The molecule has 4 nitrogen and oxygen atoms in total. The van der Waals surface area contributed by atoms with E-state index in [2.05, 4.69) is 9.05 Å². The molecule has 1 unspecified atom stereocenters. The Kier molecular flexibility index (Phi) is 8.12. The number of anilines is 1. The van der Waals surface area contributed by atoms with Crippen molar-refractivity contribution in [3.8, 4) is 0 Å². The molecule has 1 aromatic carbocycles. The fourth-order valence-electron chi connectivity index (χ4n) is 2.25. The van der Waals surface area contributed by atoms with E-state index in [1.807, 2.05) is 0 Å². The maximum absolute atomic E-state index is 14.7. The third-order valence-corrected chi connectivity index (χ3v) is 6.07. The maximum Gasteiger partial charge on any atom is 0.380 e. The van der Waals surface area contributed by atoms with Gasteiger partial charge in [0.2, 0.25) is 0 Å². The van der Waals surface area contributed by atoms with Crippen LogP contribution in [0.3, 0.4) is 0 Å². The number of halogens is 8. The van der Waals surface area contributed by atoms with Crippen LogP contribution in [0.4, 0.5) is 40.8 Å². The summed E-state index contributed by atoms with van der Waals surface area (Å²) in [6.07, 6.45) is -5.11. The second kappa shape index (κ2) is 9.18. The summed E-state index contributed by atoms with van der Waals surface area (Å²) in [6.45, 7) is 2.79. The molecule has 0 radical (unpaired) electrons. The van der Waals surface area contributed by atoms with Crippen LogP contribution in [-0.2, 0) is 13.6 Å². The van der Waals surface area contributed by atoms with Gasteiger partial charge < -0.3 is 14.4 Å². The zero-order valence-electron chi connectivity index (χ0n) is 15.6. The summed E-state index contributed by atoms with van der Waals surface area (Å²) in [7, 11) is -5.24. The van der Waals surface area contributed by atoms with Crippen LogP contribution in [0.15, 0.2) is 24.3 Å². The zero-order valence-corrected chi connectivity index (χ0v) is 16.5. The summed E-state index contributed by atoms with van der Waals surface area (Å²) >= 11 is 0. The van der Waals surface area contributed by atoms with Crippen molar-refractivity contribution in [1.82, 2.24) is 0 Å². The lowest BCUT2D eigenvalue weighted by Crippen LogP contribution is -2.63. The number of hydrogen-bond acceptors (Lipinski definition) is 4. The minimum atomic E-state index is -6.60. The standard InChI is InChI=1S/C16H20F8NO3P/c1-4-27-29(26,28-5-2)13(25-11-8-6-10(3)7-9-11)15(21,22)16(23,24)14(19,20)12(17)18/h6-9,12-13,25H,4-5H2,1-3H3. The molecule has 13 heteroatoms. The van der Waals surface area contributed by atoms with E-state index in [-0.39, 0.29) is 5.69 Å². The van der Waals surface area contributed by atoms with Gasteiger partial charge in [-0.05, 0) is 32.9 Å². The Balaban J connectivity index is 3.59. The molecule has 1 rings (SSSR count). The van der Waals surface area contributed by atoms with Gasteiger partial charge in [-0.3, -0.25) is 4.57 Å². The SMILES string of the molecule is CCOP(=O)(OCC)C(Nc1ccc(C)cc1)C(F)(F)C(F)(F)C(F)(F)C(F)F. The fraction of sp³-hybridized carbons (Fsp3) is 0.625. The van der Waals surface area contributed by atoms with E-state index in [4.69, 9.17) is 0 Å². The quantitative estimate of drug-likeness (QED) is 0.319. The molecule has 0 amide bonds. The van der Waals surface area contributed by atoms with Gasteiger partial charge in [-0.2, -0.15) is 26.3 Å². The van der Waals surface area contributed by atoms with E-state index >= 15 is 0 Å². The molecule has 0 spiro atoms. The van der Waals surface area contributed by atoms with Gasteiger partial charge in [-0.25, -0.2) is 8.78 Å². The highest BCUT2D eigenvalue weighted by molar-refractivity contribution is 7.54. The summed E-state index contributed by atoms with van der Waals surface area (Å²) in [6, 6.07) is 4.94. The highest BCUT2D eigenvalue weighted by atomic mass is 31.2. The van der Waals surface area contributed by atoms with Crippen molar-refractivity contribution < 1.29 is 48.7 Å². The number of rotatable bonds is 11. The van der Waals surface area contributed by atoms with Gasteiger partial charge in [0.1, 0.15) is 0 Å². The topological polar surface area (TPSA) is 47.6 Å². The Hall–Kier alpha value is -1.39. The first kappa shape index (κ1) is 25.6. The van der Waals surface area contributed by atoms with Crippen LogP contribution in [0.2, 0.25) is 0 Å². The van der Waals surface area contributed by atoms with Crippen molar-refractivity contribution in [2.75, 3.05) is 18.5 Å². The van der Waals surface area contributed by atoms with Crippen molar-refractivity contribution in [1.29, 1.82) is 0 Å². The van der Waals surface area contributed by atoms with Crippen molar-refractivity contribution in [3.05, 3.63) is 29.8 Å². The molecule has 0 aliphatic rings. The predicted molar refractivity (Wildman–Crippen MR) is 90.3 cm³/mol. The first-order chi connectivity index (χ1) is 13.2. The highest BCUT2D eigenvalue weighted by Gasteiger charge is 2.80. The van der Waals surface area contributed by atoms with Crippen LogP contribution in [0.25, 0.3) is 0 Å². The second-order valence-electron chi connectivity index (χ2n) is 5.91. The van der Waals surface area contributed by atoms with Gasteiger partial charge in [-0.1, -0.05) is 17.7 Å². The Bertz CT molecular complexity index is 705. The van der Waals surface area contributed by atoms with E-state index < -0.39 is 50.8 Å². The van der Waals surface area contributed by atoms with Crippen LogP contribution in [-0.4, -0.2) is 43.2 Å². The smallest absolute Gasteiger partial charge is 0.366 e. The minimum Gasteiger partial charge on any atom is -0.366 e. The van der Waals surface area contributed by atoms with Crippen LogP contribution < -0.4 is 5.32 Å². The van der Waals surface area contributed by atoms with E-state index in [9.17, 15) is 39.7 Å². The number of benzene rings is 1. The van der Waals surface area contributed by atoms with Crippen LogP contribution >= 0.6 is 7.60 Å². The third-order valence-electron chi connectivity index (χ3n) is 3.74. The van der Waals surface area contributed by atoms with Crippen molar-refractivity contribution in [3.63, 3.8) is 0 Å². The molecule has 1 atom stereocenters. The molecule has 0 aromatic heterocycles. The normalized spacial score (nSPS) is 14.9. The predicted octanol–water partition coefficient (Wildman–Crippen LogP) is 6.17. The third kappa shape index (κ3) is 5.03.